The topological polar surface area (TPSA) is 0 Å². The number of fused-ring (bicyclic) bond motifs is 1. The molecule has 0 radical (unpaired) electrons. The maximum Gasteiger partial charge on any atom is 2.00 e. The number of rotatable bonds is 0. The third-order valence-corrected chi connectivity index (χ3v) is 4.63. The van der Waals surface area contributed by atoms with Crippen LogP contribution in [0.3, 0.4) is 0 Å². The molecule has 4 heteroatoms. The summed E-state index contributed by atoms with van der Waals surface area (Å²) in [7, 11) is 0.823. The van der Waals surface area contributed by atoms with Gasteiger partial charge in [-0.2, -0.15) is 144 Å². The molecule has 1 heterocycles. The fraction of sp³-hybridized carbons (Fsp3) is 0.0690. The van der Waals surface area contributed by atoms with Gasteiger partial charge in [-0.15, -0.1) is 0 Å². The number of hydrogen-bond acceptors (Lipinski definition) is 0. The molecule has 1 unspecified atom stereocenters. The van der Waals surface area contributed by atoms with Crippen LogP contribution in [0.25, 0.3) is 0 Å². The first-order valence-electron chi connectivity index (χ1n) is 9.93. The van der Waals surface area contributed by atoms with E-state index in [1.165, 1.54) is 12.8 Å². The van der Waals surface area contributed by atoms with Crippen LogP contribution >= 0.6 is 8.19 Å². The van der Waals surface area contributed by atoms with Crippen molar-refractivity contribution in [2.75, 3.05) is 0 Å². The number of aryl methyl sites for hydroxylation is 2. The Bertz CT molecular complexity index is 750. The molecule has 0 spiro atoms. The summed E-state index contributed by atoms with van der Waals surface area (Å²) in [4.78, 5) is 0. The van der Waals surface area contributed by atoms with Gasteiger partial charge in [-0.05, 0) is 0 Å². The third kappa shape index (κ3) is 18.2. The van der Waals surface area contributed by atoms with Gasteiger partial charge in [-0.25, -0.2) is 18.2 Å². The van der Waals surface area contributed by atoms with Gasteiger partial charge < -0.3 is 24.8 Å². The fourth-order valence-electron chi connectivity index (χ4n) is 2.34. The molecule has 1 aromatic heterocycles. The summed E-state index contributed by atoms with van der Waals surface area (Å²) >= 11 is 0. The monoisotopic (exact) mass is 523 g/mol. The minimum Gasteiger partial charge on any atom is -1.00 e. The van der Waals surface area contributed by atoms with E-state index < -0.39 is 0 Å². The van der Waals surface area contributed by atoms with Crippen molar-refractivity contribution in [1.82, 2.24) is 0 Å². The minimum absolute atomic E-state index is 0. The first kappa shape index (κ1) is 33.3. The van der Waals surface area contributed by atoms with Gasteiger partial charge in [0.15, 0.2) is 0 Å². The van der Waals surface area contributed by atoms with E-state index >= 15 is 0 Å². The van der Waals surface area contributed by atoms with Crippen LogP contribution in [0.5, 0.6) is 0 Å². The Hall–Kier alpha value is -1.92. The SMILES string of the molecule is [Cl-].[Cl-].[Ti+2].[c-]1ccc[pH]1.[c-]1ccccc1.[c-]1ccccc1.[c-]1ccccc1.c1cc2[c-](c1)CC2. The largest absolute Gasteiger partial charge is 2.00 e. The van der Waals surface area contributed by atoms with Gasteiger partial charge >= 0.3 is 21.7 Å². The van der Waals surface area contributed by atoms with Gasteiger partial charge in [-0.3, -0.25) is 8.19 Å². The summed E-state index contributed by atoms with van der Waals surface area (Å²) < 4.78 is 0. The molecule has 33 heavy (non-hydrogen) atoms. The van der Waals surface area contributed by atoms with Crippen LogP contribution < -0.4 is 24.8 Å². The molecule has 170 valence electrons. The average molecular weight is 524 g/mol. The van der Waals surface area contributed by atoms with Crippen molar-refractivity contribution < 1.29 is 46.5 Å². The Balaban J connectivity index is 0. The molecule has 0 saturated carbocycles. The summed E-state index contributed by atoms with van der Waals surface area (Å²) in [6.45, 7) is 0. The first-order chi connectivity index (χ1) is 15.0. The summed E-state index contributed by atoms with van der Waals surface area (Å²) in [5.41, 5.74) is 3.14. The quantitative estimate of drug-likeness (QED) is 0.213. The fourth-order valence-corrected chi connectivity index (χ4v) is 2.82. The van der Waals surface area contributed by atoms with Gasteiger partial charge in [0, 0.05) is 0 Å². The molecular formula is C29H26Cl2PTi-5. The van der Waals surface area contributed by atoms with E-state index in [0.29, 0.717) is 0 Å². The van der Waals surface area contributed by atoms with Crippen molar-refractivity contribution >= 4 is 8.19 Å². The predicted octanol–water partition coefficient (Wildman–Crippen LogP) is 1.49. The van der Waals surface area contributed by atoms with Gasteiger partial charge in [0.1, 0.15) is 0 Å². The normalized spacial score (nSPS) is 9.09. The second-order valence-corrected chi connectivity index (χ2v) is 7.03. The van der Waals surface area contributed by atoms with E-state index in [9.17, 15) is 0 Å². The van der Waals surface area contributed by atoms with E-state index in [0.717, 1.165) is 8.19 Å². The molecular weight excluding hydrogens is 498 g/mol. The Labute approximate surface area is 228 Å². The number of halogens is 2. The van der Waals surface area contributed by atoms with Crippen LogP contribution in [0.15, 0.2) is 127 Å². The standard InChI is InChI=1S/C7H7.3C6H5.C4H4P.2ClH.Ti/c1-2-6-4-5-7(6)3-1;3*1-2-4-6-5-3-1;1-2-4-5-3-1;;;/h1-3H,4-5H2;3*1-5H;1-3,5H;2*1H;/q5*-1;;;+2/p-2. The Morgan fingerprint density at radius 3 is 1.21 bits per heavy atom. The Morgan fingerprint density at radius 2 is 1.09 bits per heavy atom. The van der Waals surface area contributed by atoms with Crippen molar-refractivity contribution in [3.8, 4) is 0 Å². The molecule has 0 aliphatic heterocycles. The molecule has 0 fully saturated rings. The van der Waals surface area contributed by atoms with E-state index in [-0.39, 0.29) is 46.5 Å². The van der Waals surface area contributed by atoms with Gasteiger partial charge in [0.2, 0.25) is 0 Å². The molecule has 1 aliphatic carbocycles. The molecule has 0 N–H and O–H groups in total. The number of hydrogen-bond donors (Lipinski definition) is 0. The maximum atomic E-state index is 3.01. The van der Waals surface area contributed by atoms with Gasteiger partial charge in [0.05, 0.1) is 0 Å². The van der Waals surface area contributed by atoms with Gasteiger partial charge in [-0.1, -0.05) is 12.8 Å². The molecule has 6 rings (SSSR count). The second-order valence-electron chi connectivity index (χ2n) is 6.12. The van der Waals surface area contributed by atoms with Gasteiger partial charge in [0.25, 0.3) is 0 Å². The Kier molecular flexibility index (Phi) is 24.9. The summed E-state index contributed by atoms with van der Waals surface area (Å²) in [5, 5.41) is 0. The first-order valence-corrected chi connectivity index (χ1v) is 11.0. The third-order valence-electron chi connectivity index (χ3n) is 3.93. The summed E-state index contributed by atoms with van der Waals surface area (Å²) in [6.07, 6.45) is 2.64. The summed E-state index contributed by atoms with van der Waals surface area (Å²) in [6, 6.07) is 48.0. The van der Waals surface area contributed by atoms with Crippen LogP contribution in [-0.4, -0.2) is 0 Å². The Morgan fingerprint density at radius 1 is 0.606 bits per heavy atom. The van der Waals surface area contributed by atoms with E-state index in [4.69, 9.17) is 0 Å². The number of benzene rings is 3. The molecule has 0 bridgehead atoms. The molecule has 0 amide bonds. The van der Waals surface area contributed by atoms with E-state index in [2.05, 4.69) is 48.0 Å². The molecule has 0 saturated heterocycles. The summed E-state index contributed by atoms with van der Waals surface area (Å²) in [5.74, 6) is 5.11. The van der Waals surface area contributed by atoms with Crippen molar-refractivity contribution in [3.05, 3.63) is 162 Å². The van der Waals surface area contributed by atoms with E-state index in [1.54, 1.807) is 11.1 Å². The van der Waals surface area contributed by atoms with Crippen molar-refractivity contribution in [2.45, 2.75) is 12.8 Å². The van der Waals surface area contributed by atoms with Crippen LogP contribution in [0.1, 0.15) is 11.1 Å². The van der Waals surface area contributed by atoms with Crippen molar-refractivity contribution in [3.63, 3.8) is 0 Å². The molecule has 1 aliphatic rings. The average Bonchev–Trinajstić information content (AvgIpc) is 3.52. The zero-order valence-electron chi connectivity index (χ0n) is 18.3. The molecule has 1 atom stereocenters. The second kappa shape index (κ2) is 24.7. The predicted molar refractivity (Wildman–Crippen MR) is 130 cm³/mol. The van der Waals surface area contributed by atoms with Crippen LogP contribution in [-0.2, 0) is 34.6 Å². The van der Waals surface area contributed by atoms with Crippen molar-refractivity contribution in [2.24, 2.45) is 0 Å². The van der Waals surface area contributed by atoms with E-state index in [1.807, 2.05) is 103 Å². The molecule has 4 aromatic carbocycles. The smallest absolute Gasteiger partial charge is 1.00 e. The zero-order valence-corrected chi connectivity index (χ0v) is 22.4. The van der Waals surface area contributed by atoms with Crippen LogP contribution in [0, 0.1) is 24.0 Å². The maximum absolute atomic E-state index is 3.01. The molecule has 5 aromatic rings. The minimum atomic E-state index is 0. The van der Waals surface area contributed by atoms with Crippen LogP contribution in [0.2, 0.25) is 0 Å². The zero-order chi connectivity index (χ0) is 21.0. The molecule has 0 nitrogen and oxygen atoms in total. The van der Waals surface area contributed by atoms with Crippen molar-refractivity contribution in [1.29, 1.82) is 0 Å². The van der Waals surface area contributed by atoms with Crippen LogP contribution in [0.4, 0.5) is 0 Å².